The van der Waals surface area contributed by atoms with Crippen LogP contribution in [0.25, 0.3) is 0 Å². The minimum Gasteiger partial charge on any atom is -0.369 e. The molecule has 7 heteroatoms. The van der Waals surface area contributed by atoms with Crippen LogP contribution in [0.2, 0.25) is 0 Å². The summed E-state index contributed by atoms with van der Waals surface area (Å²) in [6.45, 7) is 3.01. The third kappa shape index (κ3) is 3.11. The van der Waals surface area contributed by atoms with E-state index in [2.05, 4.69) is 22.2 Å². The van der Waals surface area contributed by atoms with Crippen LogP contribution in [0.5, 0.6) is 0 Å². The molecule has 7 nitrogen and oxygen atoms in total. The molecule has 106 valence electrons. The van der Waals surface area contributed by atoms with E-state index in [1.807, 2.05) is 0 Å². The summed E-state index contributed by atoms with van der Waals surface area (Å²) in [5.41, 5.74) is -0.145. The second kappa shape index (κ2) is 6.14. The van der Waals surface area contributed by atoms with E-state index in [-0.39, 0.29) is 17.8 Å². The lowest BCUT2D eigenvalue weighted by molar-refractivity contribution is 0.629. The largest absolute Gasteiger partial charge is 0.369 e. The molecule has 0 aliphatic rings. The number of hydrogen-bond acceptors (Lipinski definition) is 5. The summed E-state index contributed by atoms with van der Waals surface area (Å²) in [7, 11) is 1.60. The third-order valence-electron chi connectivity index (χ3n) is 2.82. The van der Waals surface area contributed by atoms with E-state index in [9.17, 15) is 9.59 Å². The van der Waals surface area contributed by atoms with Crippen molar-refractivity contribution in [2.45, 2.75) is 19.9 Å². The molecule has 1 N–H and O–H groups in total. The lowest BCUT2D eigenvalue weighted by Crippen LogP contribution is -2.38. The van der Waals surface area contributed by atoms with Gasteiger partial charge in [0, 0.05) is 25.9 Å². The summed E-state index contributed by atoms with van der Waals surface area (Å²) in [5, 5.41) is 3.11. The summed E-state index contributed by atoms with van der Waals surface area (Å²) >= 11 is 0. The SMILES string of the molecule is CCCNc1cnc(Cn2c(=O)ccn(C)c2=O)cn1. The summed E-state index contributed by atoms with van der Waals surface area (Å²) in [4.78, 5) is 32.0. The van der Waals surface area contributed by atoms with Crippen molar-refractivity contribution < 1.29 is 0 Å². The topological polar surface area (TPSA) is 81.8 Å². The Morgan fingerprint density at radius 3 is 2.70 bits per heavy atom. The minimum absolute atomic E-state index is 0.118. The van der Waals surface area contributed by atoms with Crippen molar-refractivity contribution in [2.75, 3.05) is 11.9 Å². The third-order valence-corrected chi connectivity index (χ3v) is 2.82. The molecule has 0 bridgehead atoms. The molecule has 0 amide bonds. The number of hydrogen-bond donors (Lipinski definition) is 1. The zero-order chi connectivity index (χ0) is 14.5. The molecule has 0 unspecified atom stereocenters. The molecule has 2 aromatic heterocycles. The predicted molar refractivity (Wildman–Crippen MR) is 75.9 cm³/mol. The zero-order valence-electron chi connectivity index (χ0n) is 11.5. The summed E-state index contributed by atoms with van der Waals surface area (Å²) in [6.07, 6.45) is 5.61. The van der Waals surface area contributed by atoms with Crippen LogP contribution >= 0.6 is 0 Å². The van der Waals surface area contributed by atoms with Gasteiger partial charge in [0.1, 0.15) is 5.82 Å². The van der Waals surface area contributed by atoms with Crippen LogP contribution in [0.1, 0.15) is 19.0 Å². The maximum atomic E-state index is 11.9. The van der Waals surface area contributed by atoms with E-state index in [4.69, 9.17) is 0 Å². The molecule has 2 aromatic rings. The highest BCUT2D eigenvalue weighted by Gasteiger charge is 2.05. The summed E-state index contributed by atoms with van der Waals surface area (Å²) in [6, 6.07) is 1.35. The van der Waals surface area contributed by atoms with Crippen LogP contribution in [0.15, 0.2) is 34.2 Å². The molecule has 2 heterocycles. The molecule has 0 aliphatic carbocycles. The van der Waals surface area contributed by atoms with Gasteiger partial charge in [0.05, 0.1) is 24.6 Å². The van der Waals surface area contributed by atoms with E-state index in [1.54, 1.807) is 19.4 Å². The average Bonchev–Trinajstić information content (AvgIpc) is 2.47. The fourth-order valence-electron chi connectivity index (χ4n) is 1.70. The molecule has 0 aromatic carbocycles. The molecule has 20 heavy (non-hydrogen) atoms. The van der Waals surface area contributed by atoms with Gasteiger partial charge in [-0.25, -0.2) is 9.78 Å². The molecular weight excluding hydrogens is 258 g/mol. The first-order valence-corrected chi connectivity index (χ1v) is 6.43. The van der Waals surface area contributed by atoms with Crippen LogP contribution in [0, 0.1) is 0 Å². The van der Waals surface area contributed by atoms with Gasteiger partial charge < -0.3 is 9.88 Å². The normalized spacial score (nSPS) is 10.5. The van der Waals surface area contributed by atoms with Crippen molar-refractivity contribution in [1.82, 2.24) is 19.1 Å². The summed E-state index contributed by atoms with van der Waals surface area (Å²) in [5.74, 6) is 0.684. The van der Waals surface area contributed by atoms with Crippen molar-refractivity contribution in [3.05, 3.63) is 51.2 Å². The van der Waals surface area contributed by atoms with Gasteiger partial charge in [-0.05, 0) is 6.42 Å². The monoisotopic (exact) mass is 275 g/mol. The van der Waals surface area contributed by atoms with E-state index in [0.29, 0.717) is 11.5 Å². The summed E-state index contributed by atoms with van der Waals surface area (Å²) < 4.78 is 2.48. The van der Waals surface area contributed by atoms with E-state index in [0.717, 1.165) is 17.5 Å². The Morgan fingerprint density at radius 1 is 1.25 bits per heavy atom. The maximum absolute atomic E-state index is 11.9. The Labute approximate surface area is 115 Å². The van der Waals surface area contributed by atoms with Crippen molar-refractivity contribution in [3.8, 4) is 0 Å². The zero-order valence-corrected chi connectivity index (χ0v) is 11.5. The Balaban J connectivity index is 2.21. The number of aromatic nitrogens is 4. The second-order valence-electron chi connectivity index (χ2n) is 4.45. The molecule has 0 atom stereocenters. The van der Waals surface area contributed by atoms with Crippen molar-refractivity contribution in [1.29, 1.82) is 0 Å². The van der Waals surface area contributed by atoms with Crippen LogP contribution in [-0.4, -0.2) is 25.6 Å². The molecule has 2 rings (SSSR count). The van der Waals surface area contributed by atoms with E-state index >= 15 is 0 Å². The Bertz CT molecular complexity index is 687. The molecule has 0 saturated heterocycles. The minimum atomic E-state index is -0.368. The van der Waals surface area contributed by atoms with Crippen molar-refractivity contribution >= 4 is 5.82 Å². The van der Waals surface area contributed by atoms with E-state index < -0.39 is 0 Å². The van der Waals surface area contributed by atoms with Crippen LogP contribution < -0.4 is 16.6 Å². The molecule has 0 radical (unpaired) electrons. The van der Waals surface area contributed by atoms with Crippen molar-refractivity contribution in [3.63, 3.8) is 0 Å². The predicted octanol–water partition coefficient (Wildman–Crippen LogP) is 0.207. The molecule has 0 aliphatic heterocycles. The van der Waals surface area contributed by atoms with E-state index in [1.165, 1.54) is 16.8 Å². The van der Waals surface area contributed by atoms with Crippen LogP contribution in [-0.2, 0) is 13.6 Å². The lowest BCUT2D eigenvalue weighted by atomic mass is 10.4. The quantitative estimate of drug-likeness (QED) is 0.843. The Kier molecular flexibility index (Phi) is 4.29. The molecule has 0 spiro atoms. The highest BCUT2D eigenvalue weighted by Crippen LogP contribution is 2.01. The highest BCUT2D eigenvalue weighted by molar-refractivity contribution is 5.30. The van der Waals surface area contributed by atoms with Crippen LogP contribution in [0.3, 0.4) is 0 Å². The fourth-order valence-corrected chi connectivity index (χ4v) is 1.70. The van der Waals surface area contributed by atoms with Gasteiger partial charge in [0.15, 0.2) is 0 Å². The Morgan fingerprint density at radius 2 is 2.05 bits per heavy atom. The fraction of sp³-hybridized carbons (Fsp3) is 0.385. The van der Waals surface area contributed by atoms with Gasteiger partial charge in [-0.3, -0.25) is 14.3 Å². The van der Waals surface area contributed by atoms with Crippen LogP contribution in [0.4, 0.5) is 5.82 Å². The van der Waals surface area contributed by atoms with Gasteiger partial charge in [-0.15, -0.1) is 0 Å². The van der Waals surface area contributed by atoms with Gasteiger partial charge >= 0.3 is 5.69 Å². The average molecular weight is 275 g/mol. The number of rotatable bonds is 5. The van der Waals surface area contributed by atoms with Crippen molar-refractivity contribution in [2.24, 2.45) is 7.05 Å². The lowest BCUT2D eigenvalue weighted by Gasteiger charge is -2.07. The molecule has 0 saturated carbocycles. The number of aryl methyl sites for hydroxylation is 1. The molecule has 0 fully saturated rings. The number of anilines is 1. The second-order valence-corrected chi connectivity index (χ2v) is 4.45. The first-order chi connectivity index (χ1) is 9.61. The first kappa shape index (κ1) is 14.0. The maximum Gasteiger partial charge on any atom is 0.331 e. The standard InChI is InChI=1S/C13H17N5O2/c1-3-5-14-11-8-15-10(7-16-11)9-18-12(19)4-6-17(2)13(18)20/h4,6-8H,3,5,9H2,1-2H3,(H,14,16). The first-order valence-electron chi connectivity index (χ1n) is 6.43. The smallest absolute Gasteiger partial charge is 0.331 e. The van der Waals surface area contributed by atoms with Gasteiger partial charge in [-0.2, -0.15) is 0 Å². The highest BCUT2D eigenvalue weighted by atomic mass is 16.2. The number of nitrogens with zero attached hydrogens (tertiary/aromatic N) is 4. The van der Waals surface area contributed by atoms with Gasteiger partial charge in [-0.1, -0.05) is 6.92 Å². The Hall–Kier alpha value is -2.44. The van der Waals surface area contributed by atoms with Gasteiger partial charge in [0.2, 0.25) is 0 Å². The molecular formula is C13H17N5O2. The number of nitrogens with one attached hydrogen (secondary N) is 1. The van der Waals surface area contributed by atoms with Gasteiger partial charge in [0.25, 0.3) is 5.56 Å².